The molecule has 0 fully saturated rings. The molecule has 32 heavy (non-hydrogen) atoms. The van der Waals surface area contributed by atoms with E-state index in [0.29, 0.717) is 24.0 Å². The molecule has 0 bridgehead atoms. The second-order valence-corrected chi connectivity index (χ2v) is 9.38. The summed E-state index contributed by atoms with van der Waals surface area (Å²) >= 11 is 5.08. The Labute approximate surface area is 197 Å². The molecule has 1 unspecified atom stereocenters. The van der Waals surface area contributed by atoms with Gasteiger partial charge in [0.2, 0.25) is 11.0 Å². The van der Waals surface area contributed by atoms with E-state index in [1.165, 1.54) is 11.3 Å². The number of hydrogen-bond donors (Lipinski definition) is 1. The van der Waals surface area contributed by atoms with Gasteiger partial charge in [-0.15, -0.1) is 0 Å². The minimum absolute atomic E-state index is 0.0460. The second kappa shape index (κ2) is 8.22. The summed E-state index contributed by atoms with van der Waals surface area (Å²) in [5, 5.41) is 8.50. The van der Waals surface area contributed by atoms with Crippen LogP contribution in [0.2, 0.25) is 0 Å². The Balaban J connectivity index is 1.60. The van der Waals surface area contributed by atoms with Crippen LogP contribution in [0.1, 0.15) is 36.1 Å². The van der Waals surface area contributed by atoms with Crippen LogP contribution in [0, 0.1) is 6.92 Å². The van der Waals surface area contributed by atoms with Gasteiger partial charge >= 0.3 is 0 Å². The second-order valence-electron chi connectivity index (χ2n) is 7.52. The van der Waals surface area contributed by atoms with Crippen molar-refractivity contribution in [1.29, 1.82) is 0 Å². The number of carbonyl (C=O) groups excluding carboxylic acids is 1. The molecule has 4 aromatic rings. The molecule has 7 nitrogen and oxygen atoms in total. The first kappa shape index (κ1) is 21.0. The molecule has 9 heteroatoms. The van der Waals surface area contributed by atoms with Crippen LogP contribution in [0.25, 0.3) is 15.3 Å². The minimum atomic E-state index is -0.103. The van der Waals surface area contributed by atoms with Gasteiger partial charge in [-0.25, -0.2) is 4.98 Å². The fourth-order valence-corrected chi connectivity index (χ4v) is 5.62. The molecule has 2 aromatic heterocycles. The lowest BCUT2D eigenvalue weighted by molar-refractivity contribution is -0.116. The average Bonchev–Trinajstić information content (AvgIpc) is 3.34. The van der Waals surface area contributed by atoms with Crippen molar-refractivity contribution in [3.05, 3.63) is 57.7 Å². The Morgan fingerprint density at radius 2 is 2.12 bits per heavy atom. The third kappa shape index (κ3) is 3.55. The van der Waals surface area contributed by atoms with Crippen molar-refractivity contribution in [2.24, 2.45) is 0 Å². The minimum Gasteiger partial charge on any atom is -0.496 e. The molecule has 0 saturated carbocycles. The van der Waals surface area contributed by atoms with Gasteiger partial charge in [0, 0.05) is 17.9 Å². The highest BCUT2D eigenvalue weighted by Gasteiger charge is 2.33. The number of rotatable bonds is 5. The van der Waals surface area contributed by atoms with Gasteiger partial charge < -0.3 is 14.8 Å². The van der Waals surface area contributed by atoms with E-state index >= 15 is 0 Å². The van der Waals surface area contributed by atoms with E-state index in [1.54, 1.807) is 11.8 Å². The predicted molar refractivity (Wildman–Crippen MR) is 128 cm³/mol. The van der Waals surface area contributed by atoms with E-state index < -0.39 is 0 Å². The first-order valence-corrected chi connectivity index (χ1v) is 11.9. The summed E-state index contributed by atoms with van der Waals surface area (Å²) in [4.78, 5) is 17.4. The van der Waals surface area contributed by atoms with Crippen molar-refractivity contribution < 1.29 is 14.3 Å². The highest BCUT2D eigenvalue weighted by atomic mass is 79.9. The number of amides is 1. The average molecular weight is 513 g/mol. The van der Waals surface area contributed by atoms with Crippen LogP contribution >= 0.6 is 27.3 Å². The van der Waals surface area contributed by atoms with Crippen molar-refractivity contribution >= 4 is 49.2 Å². The number of methoxy groups -OCH3 is 1. The molecule has 0 aliphatic carbocycles. The molecule has 2 aromatic carbocycles. The molecule has 0 radical (unpaired) electrons. The topological polar surface area (TPSA) is 78.3 Å². The lowest BCUT2D eigenvalue weighted by atomic mass is 9.86. The Morgan fingerprint density at radius 1 is 1.28 bits per heavy atom. The third-order valence-electron chi connectivity index (χ3n) is 5.52. The Morgan fingerprint density at radius 3 is 2.88 bits per heavy atom. The van der Waals surface area contributed by atoms with Crippen LogP contribution in [0.15, 0.2) is 40.9 Å². The zero-order valence-electron chi connectivity index (χ0n) is 17.8. The number of aryl methyl sites for hydroxylation is 1. The highest BCUT2D eigenvalue weighted by Crippen LogP contribution is 2.42. The van der Waals surface area contributed by atoms with Crippen molar-refractivity contribution in [1.82, 2.24) is 14.8 Å². The van der Waals surface area contributed by atoms with E-state index in [-0.39, 0.29) is 11.8 Å². The maximum Gasteiger partial charge on any atom is 0.226 e. The van der Waals surface area contributed by atoms with Gasteiger partial charge in [-0.3, -0.25) is 4.79 Å². The molecule has 1 aliphatic rings. The van der Waals surface area contributed by atoms with Gasteiger partial charge in [0.05, 0.1) is 34.1 Å². The van der Waals surface area contributed by atoms with Gasteiger partial charge in [0.25, 0.3) is 0 Å². The molecule has 1 atom stereocenters. The van der Waals surface area contributed by atoms with Crippen molar-refractivity contribution in [3.63, 3.8) is 0 Å². The number of fused-ring (bicyclic) bond motifs is 2. The standard InChI is InChI=1S/C23H21BrN4O3S/c1-4-31-14-6-7-17-19(10-14)32-23(25-17)28-22-21(12(2)27-28)15(11-20(29)26-22)13-5-8-18(30-3)16(24)9-13/h5-10,15H,4,11H2,1-3H3,(H,26,29). The number of thiazole rings is 1. The van der Waals surface area contributed by atoms with Gasteiger partial charge in [-0.1, -0.05) is 17.4 Å². The summed E-state index contributed by atoms with van der Waals surface area (Å²) in [5.74, 6) is 2.10. The Hall–Kier alpha value is -2.91. The number of aromatic nitrogens is 3. The number of nitrogens with one attached hydrogen (secondary N) is 1. The molecule has 1 aliphatic heterocycles. The quantitative estimate of drug-likeness (QED) is 0.385. The number of hydrogen-bond acceptors (Lipinski definition) is 6. The zero-order valence-corrected chi connectivity index (χ0v) is 20.2. The normalized spacial score (nSPS) is 15.5. The molecule has 164 valence electrons. The molecule has 1 amide bonds. The summed E-state index contributed by atoms with van der Waals surface area (Å²) in [6.07, 6.45) is 0.357. The van der Waals surface area contributed by atoms with Crippen LogP contribution in [-0.4, -0.2) is 34.4 Å². The smallest absolute Gasteiger partial charge is 0.226 e. The predicted octanol–water partition coefficient (Wildman–Crippen LogP) is 5.43. The van der Waals surface area contributed by atoms with E-state index in [9.17, 15) is 4.79 Å². The van der Waals surface area contributed by atoms with Crippen molar-refractivity contribution in [2.75, 3.05) is 19.0 Å². The monoisotopic (exact) mass is 512 g/mol. The largest absolute Gasteiger partial charge is 0.496 e. The maximum absolute atomic E-state index is 12.7. The summed E-state index contributed by atoms with van der Waals surface area (Å²) in [6.45, 7) is 4.54. The molecular formula is C23H21BrN4O3S. The summed E-state index contributed by atoms with van der Waals surface area (Å²) < 4.78 is 14.6. The van der Waals surface area contributed by atoms with E-state index in [2.05, 4.69) is 21.2 Å². The van der Waals surface area contributed by atoms with Crippen LogP contribution in [-0.2, 0) is 4.79 Å². The van der Waals surface area contributed by atoms with Crippen LogP contribution in [0.3, 0.4) is 0 Å². The summed E-state index contributed by atoms with van der Waals surface area (Å²) in [7, 11) is 1.63. The number of benzene rings is 2. The number of ether oxygens (including phenoxy) is 2. The zero-order chi connectivity index (χ0) is 22.4. The fraction of sp³-hybridized carbons (Fsp3) is 0.261. The first-order valence-electron chi connectivity index (χ1n) is 10.2. The summed E-state index contributed by atoms with van der Waals surface area (Å²) in [6, 6.07) is 11.8. The van der Waals surface area contributed by atoms with Crippen molar-refractivity contribution in [3.8, 4) is 16.6 Å². The SMILES string of the molecule is CCOc1ccc2nc(-n3nc(C)c4c3NC(=O)CC4c3ccc(OC)c(Br)c3)sc2c1. The van der Waals surface area contributed by atoms with Crippen LogP contribution < -0.4 is 14.8 Å². The lowest BCUT2D eigenvalue weighted by Crippen LogP contribution is -2.25. The highest BCUT2D eigenvalue weighted by molar-refractivity contribution is 9.10. The number of halogens is 1. The molecule has 0 saturated heterocycles. The van der Waals surface area contributed by atoms with Gasteiger partial charge in [0.1, 0.15) is 17.3 Å². The van der Waals surface area contributed by atoms with E-state index in [4.69, 9.17) is 19.6 Å². The van der Waals surface area contributed by atoms with Gasteiger partial charge in [0.15, 0.2) is 0 Å². The number of anilines is 1. The molecule has 5 rings (SSSR count). The fourth-order valence-electron chi connectivity index (χ4n) is 4.11. The maximum atomic E-state index is 12.7. The molecular weight excluding hydrogens is 492 g/mol. The van der Waals surface area contributed by atoms with E-state index in [1.807, 2.05) is 50.2 Å². The van der Waals surface area contributed by atoms with Gasteiger partial charge in [-0.05, 0) is 65.7 Å². The Bertz CT molecular complexity index is 1350. The molecule has 1 N–H and O–H groups in total. The summed E-state index contributed by atoms with van der Waals surface area (Å²) in [5.41, 5.74) is 3.78. The number of nitrogens with zero attached hydrogens (tertiary/aromatic N) is 3. The van der Waals surface area contributed by atoms with Crippen LogP contribution in [0.5, 0.6) is 11.5 Å². The number of carbonyl (C=O) groups is 1. The Kier molecular flexibility index (Phi) is 5.38. The lowest BCUT2D eigenvalue weighted by Gasteiger charge is -2.24. The van der Waals surface area contributed by atoms with Gasteiger partial charge in [-0.2, -0.15) is 9.78 Å². The first-order chi connectivity index (χ1) is 15.5. The third-order valence-corrected chi connectivity index (χ3v) is 7.13. The van der Waals surface area contributed by atoms with Crippen LogP contribution in [0.4, 0.5) is 5.82 Å². The molecule has 3 heterocycles. The van der Waals surface area contributed by atoms with Crippen molar-refractivity contribution in [2.45, 2.75) is 26.2 Å². The van der Waals surface area contributed by atoms with E-state index in [0.717, 1.165) is 43.0 Å². The molecule has 0 spiro atoms.